The number of aliphatic imine (C=N–C) groups is 1. The van der Waals surface area contributed by atoms with Crippen molar-refractivity contribution in [2.45, 2.75) is 64.9 Å². The van der Waals surface area contributed by atoms with Gasteiger partial charge in [0.15, 0.2) is 15.0 Å². The molecule has 0 aliphatic carbocycles. The zero-order chi connectivity index (χ0) is 26.0. The highest BCUT2D eigenvalue weighted by Gasteiger charge is 2.49. The first kappa shape index (κ1) is 27.3. The number of amidine groups is 1. The molecular weight excluding hydrogens is 488 g/mol. The maximum absolute atomic E-state index is 12.7. The molecule has 11 heteroatoms. The molecule has 3 rings (SSSR count). The van der Waals surface area contributed by atoms with E-state index in [2.05, 4.69) is 35.1 Å². The summed E-state index contributed by atoms with van der Waals surface area (Å²) in [4.78, 5) is 33.0. The summed E-state index contributed by atoms with van der Waals surface area (Å²) in [5.74, 6) is -0.271. The number of alkyl carbamates (subject to hydrolysis) is 1. The monoisotopic (exact) mass is 524 g/mol. The molecule has 2 saturated heterocycles. The first-order valence-electron chi connectivity index (χ1n) is 11.9. The average Bonchev–Trinajstić information content (AvgIpc) is 3.18. The van der Waals surface area contributed by atoms with Gasteiger partial charge in [0.2, 0.25) is 5.91 Å². The zero-order valence-corrected chi connectivity index (χ0v) is 23.0. The molecule has 1 aromatic carbocycles. The van der Waals surface area contributed by atoms with Gasteiger partial charge in [-0.2, -0.15) is 4.99 Å². The van der Waals surface area contributed by atoms with Crippen LogP contribution in [0.3, 0.4) is 0 Å². The lowest BCUT2D eigenvalue weighted by molar-refractivity contribution is -0.117. The molecule has 0 saturated carbocycles. The van der Waals surface area contributed by atoms with E-state index < -0.39 is 21.5 Å². The van der Waals surface area contributed by atoms with E-state index in [0.29, 0.717) is 5.17 Å². The van der Waals surface area contributed by atoms with E-state index in [0.717, 1.165) is 30.0 Å². The Morgan fingerprint density at radius 1 is 1.23 bits per heavy atom. The van der Waals surface area contributed by atoms with Crippen LogP contribution < -0.4 is 15.1 Å². The molecule has 2 heterocycles. The van der Waals surface area contributed by atoms with Gasteiger partial charge in [-0.3, -0.25) is 4.79 Å². The lowest BCUT2D eigenvalue weighted by Gasteiger charge is -2.28. The Morgan fingerprint density at radius 2 is 1.91 bits per heavy atom. The highest BCUT2D eigenvalue weighted by atomic mass is 32.2. The van der Waals surface area contributed by atoms with Crippen LogP contribution in [0.15, 0.2) is 23.2 Å². The molecule has 194 valence electrons. The van der Waals surface area contributed by atoms with Crippen molar-refractivity contribution < 1.29 is 22.7 Å². The Kier molecular flexibility index (Phi) is 8.41. The summed E-state index contributed by atoms with van der Waals surface area (Å²) in [6.07, 6.45) is -0.566. The van der Waals surface area contributed by atoms with Gasteiger partial charge in [0.05, 0.1) is 17.5 Å². The summed E-state index contributed by atoms with van der Waals surface area (Å²) < 4.78 is 29.9. The van der Waals surface area contributed by atoms with Crippen molar-refractivity contribution in [1.29, 1.82) is 0 Å². The molecule has 0 radical (unpaired) electrons. The van der Waals surface area contributed by atoms with Gasteiger partial charge in [0.1, 0.15) is 5.60 Å². The van der Waals surface area contributed by atoms with Gasteiger partial charge in [0.25, 0.3) is 0 Å². The van der Waals surface area contributed by atoms with Crippen LogP contribution in [0, 0.1) is 6.92 Å². The summed E-state index contributed by atoms with van der Waals surface area (Å²) in [5, 5.41) is 2.91. The number of rotatable bonds is 7. The minimum absolute atomic E-state index is 0.0185. The topological polar surface area (TPSA) is 108 Å². The van der Waals surface area contributed by atoms with Crippen LogP contribution in [0.4, 0.5) is 16.2 Å². The fourth-order valence-corrected chi connectivity index (χ4v) is 8.21. The SMILES string of the molecule is CCN(CC)c1ccc(N2C(=NC(=O)CCNC(=O)OC(C)(C)C)S[C@H]3CS(=O)(=O)C[C@H]32)c(C)c1. The zero-order valence-electron chi connectivity index (χ0n) is 21.3. The van der Waals surface area contributed by atoms with E-state index in [-0.39, 0.29) is 41.7 Å². The highest BCUT2D eigenvalue weighted by molar-refractivity contribution is 8.16. The fourth-order valence-electron chi connectivity index (χ4n) is 4.29. The number of ether oxygens (including phenoxy) is 1. The maximum atomic E-state index is 12.7. The molecular formula is C24H36N4O5S2. The molecule has 2 aliphatic rings. The van der Waals surface area contributed by atoms with Gasteiger partial charge in [0, 0.05) is 42.7 Å². The number of carbonyl (C=O) groups excluding carboxylic acids is 2. The maximum Gasteiger partial charge on any atom is 0.407 e. The third kappa shape index (κ3) is 6.91. The molecule has 9 nitrogen and oxygen atoms in total. The molecule has 35 heavy (non-hydrogen) atoms. The molecule has 2 fully saturated rings. The van der Waals surface area contributed by atoms with Crippen molar-refractivity contribution >= 4 is 50.1 Å². The standard InChI is InChI=1S/C24H36N4O5S2/c1-7-27(8-2)17-9-10-18(16(3)13-17)28-19-14-35(31,32)15-20(19)34-22(28)26-21(29)11-12-25-23(30)33-24(4,5)6/h9-10,13,19-20H,7-8,11-12,14-15H2,1-6H3,(H,25,30)/t19-,20+/m1/s1. The molecule has 1 aromatic rings. The van der Waals surface area contributed by atoms with Crippen molar-refractivity contribution in [1.82, 2.24) is 5.32 Å². The van der Waals surface area contributed by atoms with Gasteiger partial charge in [-0.1, -0.05) is 11.8 Å². The number of anilines is 2. The molecule has 0 unspecified atom stereocenters. The summed E-state index contributed by atoms with van der Waals surface area (Å²) in [6.45, 7) is 13.4. The van der Waals surface area contributed by atoms with Crippen LogP contribution in [-0.2, 0) is 19.4 Å². The quantitative estimate of drug-likeness (QED) is 0.579. The molecule has 0 aromatic heterocycles. The summed E-state index contributed by atoms with van der Waals surface area (Å²) in [5.41, 5.74) is 2.33. The van der Waals surface area contributed by atoms with Crippen LogP contribution in [0.5, 0.6) is 0 Å². The number of benzene rings is 1. The minimum atomic E-state index is -3.15. The smallest absolute Gasteiger partial charge is 0.407 e. The van der Waals surface area contributed by atoms with Crippen molar-refractivity contribution in [2.24, 2.45) is 4.99 Å². The average molecular weight is 525 g/mol. The first-order chi connectivity index (χ1) is 16.3. The Bertz CT molecular complexity index is 1090. The third-order valence-electron chi connectivity index (χ3n) is 5.86. The Balaban J connectivity index is 1.80. The number of sulfone groups is 1. The Hall–Kier alpha value is -2.27. The van der Waals surface area contributed by atoms with Crippen LogP contribution in [0.2, 0.25) is 0 Å². The number of hydrogen-bond acceptors (Lipinski definition) is 7. The summed E-state index contributed by atoms with van der Waals surface area (Å²) in [7, 11) is -3.15. The molecule has 0 spiro atoms. The van der Waals surface area contributed by atoms with Crippen LogP contribution in [0.1, 0.15) is 46.6 Å². The predicted molar refractivity (Wildman–Crippen MR) is 142 cm³/mol. The van der Waals surface area contributed by atoms with E-state index >= 15 is 0 Å². The second-order valence-electron chi connectivity index (χ2n) is 9.78. The van der Waals surface area contributed by atoms with Crippen LogP contribution in [0.25, 0.3) is 0 Å². The molecule has 0 bridgehead atoms. The Labute approximate surface area is 212 Å². The summed E-state index contributed by atoms with van der Waals surface area (Å²) >= 11 is 1.34. The second-order valence-corrected chi connectivity index (χ2v) is 13.1. The van der Waals surface area contributed by atoms with Gasteiger partial charge in [-0.25, -0.2) is 13.2 Å². The van der Waals surface area contributed by atoms with Crippen molar-refractivity contribution in [3.8, 4) is 0 Å². The second kappa shape index (κ2) is 10.8. The number of hydrogen-bond donors (Lipinski definition) is 1. The van der Waals surface area contributed by atoms with E-state index in [4.69, 9.17) is 4.74 Å². The van der Waals surface area contributed by atoms with E-state index in [1.54, 1.807) is 20.8 Å². The van der Waals surface area contributed by atoms with Crippen LogP contribution in [-0.4, -0.2) is 73.6 Å². The number of aryl methyl sites for hydroxylation is 1. The lowest BCUT2D eigenvalue weighted by atomic mass is 10.1. The van der Waals surface area contributed by atoms with Gasteiger partial charge < -0.3 is 19.9 Å². The number of carbonyl (C=O) groups is 2. The van der Waals surface area contributed by atoms with Gasteiger partial charge in [-0.05, 0) is 65.3 Å². The van der Waals surface area contributed by atoms with Gasteiger partial charge >= 0.3 is 6.09 Å². The fraction of sp³-hybridized carbons (Fsp3) is 0.625. The van der Waals surface area contributed by atoms with Crippen molar-refractivity contribution in [3.63, 3.8) is 0 Å². The first-order valence-corrected chi connectivity index (χ1v) is 14.6. The number of nitrogens with zero attached hydrogens (tertiary/aromatic N) is 3. The largest absolute Gasteiger partial charge is 0.444 e. The number of amides is 2. The van der Waals surface area contributed by atoms with Crippen molar-refractivity contribution in [3.05, 3.63) is 23.8 Å². The third-order valence-corrected chi connectivity index (χ3v) is 9.07. The highest BCUT2D eigenvalue weighted by Crippen LogP contribution is 2.42. The lowest BCUT2D eigenvalue weighted by Crippen LogP contribution is -2.38. The number of nitrogens with one attached hydrogen (secondary N) is 1. The predicted octanol–water partition coefficient (Wildman–Crippen LogP) is 3.36. The van der Waals surface area contributed by atoms with Gasteiger partial charge in [-0.15, -0.1) is 0 Å². The van der Waals surface area contributed by atoms with E-state index in [1.165, 1.54) is 11.8 Å². The number of fused-ring (bicyclic) bond motifs is 1. The normalized spacial score (nSPS) is 22.2. The van der Waals surface area contributed by atoms with Crippen LogP contribution >= 0.6 is 11.8 Å². The molecule has 1 N–H and O–H groups in total. The minimum Gasteiger partial charge on any atom is -0.444 e. The van der Waals surface area contributed by atoms with E-state index in [1.807, 2.05) is 24.0 Å². The Morgan fingerprint density at radius 3 is 2.51 bits per heavy atom. The van der Waals surface area contributed by atoms with E-state index in [9.17, 15) is 18.0 Å². The van der Waals surface area contributed by atoms with Crippen molar-refractivity contribution in [2.75, 3.05) is 40.9 Å². The molecule has 2 aliphatic heterocycles. The molecule has 2 amide bonds. The summed E-state index contributed by atoms with van der Waals surface area (Å²) in [6, 6.07) is 5.84. The molecule has 2 atom stereocenters. The number of thioether (sulfide) groups is 1.